The highest BCUT2D eigenvalue weighted by molar-refractivity contribution is 5.19. The summed E-state index contributed by atoms with van der Waals surface area (Å²) in [6, 6.07) is 3.74. The molecule has 0 atom stereocenters. The molecule has 0 radical (unpaired) electrons. The van der Waals surface area contributed by atoms with E-state index in [-0.39, 0.29) is 0 Å². The minimum atomic E-state index is 0.723. The summed E-state index contributed by atoms with van der Waals surface area (Å²) in [5, 5.41) is 0. The number of hydrogen-bond acceptors (Lipinski definition) is 2. The number of aromatic nitrogens is 1. The van der Waals surface area contributed by atoms with E-state index in [0.717, 1.165) is 11.4 Å². The third-order valence-electron chi connectivity index (χ3n) is 1.10. The number of rotatable bonds is 2. The Balaban J connectivity index is 2.78. The van der Waals surface area contributed by atoms with Gasteiger partial charge in [0.05, 0.1) is 12.5 Å². The fourth-order valence-corrected chi connectivity index (χ4v) is 0.620. The van der Waals surface area contributed by atoms with Crippen molar-refractivity contribution in [1.82, 2.24) is 4.98 Å². The van der Waals surface area contributed by atoms with Crippen LogP contribution in [0.15, 0.2) is 31.2 Å². The SMILES string of the molecule is C=COc1ccc(C)nc1. The molecule has 1 aromatic heterocycles. The topological polar surface area (TPSA) is 22.1 Å². The number of pyridine rings is 1. The number of ether oxygens (including phenoxy) is 1. The van der Waals surface area contributed by atoms with Gasteiger partial charge >= 0.3 is 0 Å². The van der Waals surface area contributed by atoms with Gasteiger partial charge in [0.15, 0.2) is 0 Å². The minimum absolute atomic E-state index is 0.723. The molecule has 10 heavy (non-hydrogen) atoms. The van der Waals surface area contributed by atoms with Crippen LogP contribution in [-0.4, -0.2) is 4.98 Å². The molecular weight excluding hydrogens is 126 g/mol. The third kappa shape index (κ3) is 1.58. The molecule has 1 aromatic rings. The maximum absolute atomic E-state index is 4.96. The van der Waals surface area contributed by atoms with Crippen LogP contribution in [-0.2, 0) is 0 Å². The van der Waals surface area contributed by atoms with Crippen LogP contribution in [0.4, 0.5) is 0 Å². The highest BCUT2D eigenvalue weighted by atomic mass is 16.5. The van der Waals surface area contributed by atoms with Gasteiger partial charge in [-0.3, -0.25) is 4.98 Å². The smallest absolute Gasteiger partial charge is 0.144 e. The van der Waals surface area contributed by atoms with Crippen molar-refractivity contribution in [2.45, 2.75) is 6.92 Å². The van der Waals surface area contributed by atoms with E-state index in [4.69, 9.17) is 4.74 Å². The summed E-state index contributed by atoms with van der Waals surface area (Å²) in [5.41, 5.74) is 0.983. The lowest BCUT2D eigenvalue weighted by molar-refractivity contribution is 0.480. The average molecular weight is 135 g/mol. The molecule has 0 aliphatic rings. The highest BCUT2D eigenvalue weighted by Crippen LogP contribution is 2.07. The van der Waals surface area contributed by atoms with E-state index in [9.17, 15) is 0 Å². The molecule has 2 heteroatoms. The number of aryl methyl sites for hydroxylation is 1. The van der Waals surface area contributed by atoms with Crippen LogP contribution in [0.3, 0.4) is 0 Å². The standard InChI is InChI=1S/C8H9NO/c1-3-10-8-5-4-7(2)9-6-8/h3-6H,1H2,2H3. The van der Waals surface area contributed by atoms with Gasteiger partial charge in [0.2, 0.25) is 0 Å². The van der Waals surface area contributed by atoms with Crippen molar-refractivity contribution >= 4 is 0 Å². The van der Waals surface area contributed by atoms with Crippen LogP contribution in [0.2, 0.25) is 0 Å². The molecule has 0 amide bonds. The molecule has 0 aliphatic heterocycles. The Morgan fingerprint density at radius 1 is 1.60 bits per heavy atom. The van der Waals surface area contributed by atoms with Gasteiger partial charge in [0.25, 0.3) is 0 Å². The van der Waals surface area contributed by atoms with Crippen LogP contribution in [0.1, 0.15) is 5.69 Å². The Labute approximate surface area is 60.2 Å². The van der Waals surface area contributed by atoms with E-state index >= 15 is 0 Å². The molecule has 0 bridgehead atoms. The zero-order valence-corrected chi connectivity index (χ0v) is 5.87. The maximum atomic E-state index is 4.96. The lowest BCUT2D eigenvalue weighted by Gasteiger charge is -1.97. The fourth-order valence-electron chi connectivity index (χ4n) is 0.620. The fraction of sp³-hybridized carbons (Fsp3) is 0.125. The molecule has 0 N–H and O–H groups in total. The molecule has 1 rings (SSSR count). The first-order valence-corrected chi connectivity index (χ1v) is 3.03. The summed E-state index contributed by atoms with van der Waals surface area (Å²) in [5.74, 6) is 0.723. The van der Waals surface area contributed by atoms with E-state index in [1.807, 2.05) is 19.1 Å². The van der Waals surface area contributed by atoms with Gasteiger partial charge in [0, 0.05) is 5.69 Å². The molecule has 0 saturated heterocycles. The molecule has 52 valence electrons. The van der Waals surface area contributed by atoms with E-state index in [1.165, 1.54) is 6.26 Å². The third-order valence-corrected chi connectivity index (χ3v) is 1.10. The van der Waals surface area contributed by atoms with Crippen LogP contribution >= 0.6 is 0 Å². The van der Waals surface area contributed by atoms with Crippen LogP contribution < -0.4 is 4.74 Å². The van der Waals surface area contributed by atoms with Crippen LogP contribution in [0.5, 0.6) is 5.75 Å². The van der Waals surface area contributed by atoms with Crippen LogP contribution in [0.25, 0.3) is 0 Å². The maximum Gasteiger partial charge on any atom is 0.144 e. The first kappa shape index (κ1) is 6.81. The summed E-state index contributed by atoms with van der Waals surface area (Å²) in [7, 11) is 0. The van der Waals surface area contributed by atoms with Crippen molar-refractivity contribution in [1.29, 1.82) is 0 Å². The molecule has 0 unspecified atom stereocenters. The van der Waals surface area contributed by atoms with Crippen molar-refractivity contribution in [3.8, 4) is 5.75 Å². The second-order valence-electron chi connectivity index (χ2n) is 1.92. The molecule has 0 fully saturated rings. The van der Waals surface area contributed by atoms with Gasteiger partial charge in [0.1, 0.15) is 5.75 Å². The summed E-state index contributed by atoms with van der Waals surface area (Å²) in [6.45, 7) is 5.36. The minimum Gasteiger partial charge on any atom is -0.464 e. The van der Waals surface area contributed by atoms with Crippen molar-refractivity contribution < 1.29 is 4.74 Å². The summed E-state index contributed by atoms with van der Waals surface area (Å²) in [4.78, 5) is 4.02. The van der Waals surface area contributed by atoms with Crippen molar-refractivity contribution in [2.75, 3.05) is 0 Å². The Hall–Kier alpha value is -1.31. The lowest BCUT2D eigenvalue weighted by atomic mass is 10.4. The quantitative estimate of drug-likeness (QED) is 0.578. The summed E-state index contributed by atoms with van der Waals surface area (Å²) in [6.07, 6.45) is 3.04. The van der Waals surface area contributed by atoms with E-state index < -0.39 is 0 Å². The molecule has 0 aromatic carbocycles. The molecular formula is C8H9NO. The average Bonchev–Trinajstić information content (AvgIpc) is 1.95. The zero-order chi connectivity index (χ0) is 7.40. The number of nitrogens with zero attached hydrogens (tertiary/aromatic N) is 1. The molecule has 0 aliphatic carbocycles. The second-order valence-corrected chi connectivity index (χ2v) is 1.92. The van der Waals surface area contributed by atoms with E-state index in [0.29, 0.717) is 0 Å². The first-order valence-electron chi connectivity index (χ1n) is 3.03. The largest absolute Gasteiger partial charge is 0.464 e. The summed E-state index contributed by atoms with van der Waals surface area (Å²) >= 11 is 0. The van der Waals surface area contributed by atoms with Gasteiger partial charge in [-0.15, -0.1) is 0 Å². The van der Waals surface area contributed by atoms with E-state index in [1.54, 1.807) is 6.20 Å². The van der Waals surface area contributed by atoms with Gasteiger partial charge < -0.3 is 4.74 Å². The zero-order valence-electron chi connectivity index (χ0n) is 5.87. The van der Waals surface area contributed by atoms with Gasteiger partial charge in [-0.2, -0.15) is 0 Å². The Kier molecular flexibility index (Phi) is 2.05. The molecule has 0 spiro atoms. The van der Waals surface area contributed by atoms with Gasteiger partial charge in [-0.25, -0.2) is 0 Å². The van der Waals surface area contributed by atoms with Gasteiger partial charge in [-0.1, -0.05) is 6.58 Å². The monoisotopic (exact) mass is 135 g/mol. The molecule has 2 nitrogen and oxygen atoms in total. The Bertz CT molecular complexity index is 215. The predicted octanol–water partition coefficient (Wildman–Crippen LogP) is 1.91. The number of hydrogen-bond donors (Lipinski definition) is 0. The normalized spacial score (nSPS) is 8.90. The predicted molar refractivity (Wildman–Crippen MR) is 39.8 cm³/mol. The Morgan fingerprint density at radius 3 is 2.90 bits per heavy atom. The Morgan fingerprint density at radius 2 is 2.40 bits per heavy atom. The van der Waals surface area contributed by atoms with E-state index in [2.05, 4.69) is 11.6 Å². The van der Waals surface area contributed by atoms with Crippen molar-refractivity contribution in [3.63, 3.8) is 0 Å². The lowest BCUT2D eigenvalue weighted by Crippen LogP contribution is -1.83. The van der Waals surface area contributed by atoms with Crippen molar-refractivity contribution in [3.05, 3.63) is 36.9 Å². The van der Waals surface area contributed by atoms with Crippen LogP contribution in [0, 0.1) is 6.92 Å². The summed E-state index contributed by atoms with van der Waals surface area (Å²) < 4.78 is 4.96. The van der Waals surface area contributed by atoms with Gasteiger partial charge in [-0.05, 0) is 19.1 Å². The molecule has 0 saturated carbocycles. The second kappa shape index (κ2) is 3.01. The highest BCUT2D eigenvalue weighted by Gasteiger charge is 1.88. The first-order chi connectivity index (χ1) is 4.83. The molecule has 1 heterocycles. The van der Waals surface area contributed by atoms with Crippen molar-refractivity contribution in [2.24, 2.45) is 0 Å².